The average molecular weight is 254 g/mol. The molecule has 0 aromatic heterocycles. The van der Waals surface area contributed by atoms with E-state index in [1.165, 1.54) is 14.0 Å². The summed E-state index contributed by atoms with van der Waals surface area (Å²) in [5.74, 6) is 0.210. The molecule has 2 rings (SSSR count). The van der Waals surface area contributed by atoms with Crippen molar-refractivity contribution >= 4 is 11.9 Å². The van der Waals surface area contributed by atoms with Crippen LogP contribution in [0.5, 0.6) is 0 Å². The number of ether oxygens (including phenoxy) is 1. The third-order valence-electron chi connectivity index (χ3n) is 4.32. The van der Waals surface area contributed by atoms with E-state index >= 15 is 0 Å². The lowest BCUT2D eigenvalue weighted by Crippen LogP contribution is -2.58. The zero-order valence-electron chi connectivity index (χ0n) is 11.4. The van der Waals surface area contributed by atoms with Crippen molar-refractivity contribution in [3.8, 4) is 0 Å². The summed E-state index contributed by atoms with van der Waals surface area (Å²) in [5.41, 5.74) is -0.796. The fraction of sp³-hybridized carbons (Fsp3) is 0.846. The summed E-state index contributed by atoms with van der Waals surface area (Å²) in [6.07, 6.45) is 1.71. The standard InChI is InChI=1S/C13H22N2O3/c1-4-15-7-10-5-11(8-15)13(6-10,12(17)18-3)14-9(2)16/h10-11H,4-8H2,1-3H3,(H,14,16)/t10-,11-,13+/m1/s1. The Morgan fingerprint density at radius 1 is 1.44 bits per heavy atom. The van der Waals surface area contributed by atoms with Crippen LogP contribution >= 0.6 is 0 Å². The number of esters is 1. The molecule has 2 fully saturated rings. The molecule has 1 heterocycles. The molecule has 1 amide bonds. The highest BCUT2D eigenvalue weighted by molar-refractivity contribution is 5.88. The largest absolute Gasteiger partial charge is 0.467 e. The highest BCUT2D eigenvalue weighted by atomic mass is 16.5. The minimum atomic E-state index is -0.796. The number of likely N-dealkylation sites (tertiary alicyclic amines) is 1. The van der Waals surface area contributed by atoms with Crippen molar-refractivity contribution in [1.29, 1.82) is 0 Å². The number of hydrogen-bond donors (Lipinski definition) is 1. The molecule has 0 aromatic carbocycles. The fourth-order valence-electron chi connectivity index (χ4n) is 3.64. The number of carbonyl (C=O) groups excluding carboxylic acids is 2. The van der Waals surface area contributed by atoms with Crippen molar-refractivity contribution in [3.63, 3.8) is 0 Å². The Kier molecular flexibility index (Phi) is 3.61. The first kappa shape index (κ1) is 13.3. The zero-order chi connectivity index (χ0) is 13.3. The molecule has 3 atom stereocenters. The van der Waals surface area contributed by atoms with Crippen LogP contribution in [0.3, 0.4) is 0 Å². The summed E-state index contributed by atoms with van der Waals surface area (Å²) < 4.78 is 4.94. The van der Waals surface area contributed by atoms with Crippen LogP contribution < -0.4 is 5.32 Å². The van der Waals surface area contributed by atoms with E-state index in [0.717, 1.165) is 26.1 Å². The third kappa shape index (κ3) is 2.11. The van der Waals surface area contributed by atoms with Gasteiger partial charge in [0.05, 0.1) is 7.11 Å². The van der Waals surface area contributed by atoms with Gasteiger partial charge in [0.1, 0.15) is 5.54 Å². The second kappa shape index (κ2) is 4.88. The summed E-state index contributed by atoms with van der Waals surface area (Å²) in [4.78, 5) is 25.9. The molecule has 2 aliphatic rings. The number of amides is 1. The Bertz CT molecular complexity index is 358. The summed E-state index contributed by atoms with van der Waals surface area (Å²) in [5, 5.41) is 2.88. The monoisotopic (exact) mass is 254 g/mol. The topological polar surface area (TPSA) is 58.6 Å². The van der Waals surface area contributed by atoms with Crippen molar-refractivity contribution in [2.24, 2.45) is 11.8 Å². The molecular weight excluding hydrogens is 232 g/mol. The average Bonchev–Trinajstić information content (AvgIpc) is 2.59. The van der Waals surface area contributed by atoms with E-state index in [1.54, 1.807) is 0 Å². The van der Waals surface area contributed by atoms with Crippen LogP contribution in [-0.4, -0.2) is 49.1 Å². The Morgan fingerprint density at radius 2 is 2.17 bits per heavy atom. The molecular formula is C13H22N2O3. The van der Waals surface area contributed by atoms with Gasteiger partial charge in [-0.25, -0.2) is 4.79 Å². The van der Waals surface area contributed by atoms with Crippen LogP contribution in [0, 0.1) is 11.8 Å². The molecule has 1 aliphatic carbocycles. The van der Waals surface area contributed by atoms with E-state index < -0.39 is 5.54 Å². The number of methoxy groups -OCH3 is 1. The normalized spacial score (nSPS) is 35.3. The minimum Gasteiger partial charge on any atom is -0.467 e. The smallest absolute Gasteiger partial charge is 0.331 e. The first-order valence-corrected chi connectivity index (χ1v) is 6.61. The number of fused-ring (bicyclic) bond motifs is 2. The Balaban J connectivity index is 2.26. The van der Waals surface area contributed by atoms with Crippen molar-refractivity contribution in [2.75, 3.05) is 26.7 Å². The minimum absolute atomic E-state index is 0.156. The Morgan fingerprint density at radius 3 is 2.72 bits per heavy atom. The molecule has 5 heteroatoms. The quantitative estimate of drug-likeness (QED) is 0.741. The van der Waals surface area contributed by atoms with Crippen LogP contribution in [0.15, 0.2) is 0 Å². The number of nitrogens with zero attached hydrogens (tertiary/aromatic N) is 1. The lowest BCUT2D eigenvalue weighted by Gasteiger charge is -2.36. The van der Waals surface area contributed by atoms with Gasteiger partial charge in [-0.15, -0.1) is 0 Å². The third-order valence-corrected chi connectivity index (χ3v) is 4.32. The van der Waals surface area contributed by atoms with E-state index in [2.05, 4.69) is 17.1 Å². The number of piperidine rings is 1. The van der Waals surface area contributed by atoms with E-state index in [1.807, 2.05) is 0 Å². The van der Waals surface area contributed by atoms with Crippen LogP contribution in [0.2, 0.25) is 0 Å². The van der Waals surface area contributed by atoms with Crippen LogP contribution in [-0.2, 0) is 14.3 Å². The molecule has 0 spiro atoms. The molecule has 1 saturated carbocycles. The number of nitrogens with one attached hydrogen (secondary N) is 1. The van der Waals surface area contributed by atoms with Crippen LogP contribution in [0.25, 0.3) is 0 Å². The molecule has 0 unspecified atom stereocenters. The Labute approximate surface area is 108 Å². The van der Waals surface area contributed by atoms with Gasteiger partial charge in [0.15, 0.2) is 0 Å². The zero-order valence-corrected chi connectivity index (χ0v) is 11.4. The predicted octanol–water partition coefficient (Wildman–Crippen LogP) is 0.396. The maximum atomic E-state index is 12.2. The van der Waals surface area contributed by atoms with Gasteiger partial charge in [-0.3, -0.25) is 4.79 Å². The van der Waals surface area contributed by atoms with Crippen molar-refractivity contribution < 1.29 is 14.3 Å². The van der Waals surface area contributed by atoms with E-state index in [-0.39, 0.29) is 17.8 Å². The SMILES string of the molecule is CCN1C[C@@H]2C[C@H](C1)[C@](NC(C)=O)(C(=O)OC)C2. The predicted molar refractivity (Wildman–Crippen MR) is 66.9 cm³/mol. The molecule has 18 heavy (non-hydrogen) atoms. The van der Waals surface area contributed by atoms with Gasteiger partial charge in [0, 0.05) is 25.9 Å². The first-order chi connectivity index (χ1) is 8.51. The van der Waals surface area contributed by atoms with E-state index in [0.29, 0.717) is 12.3 Å². The maximum Gasteiger partial charge on any atom is 0.331 e. The number of rotatable bonds is 3. The van der Waals surface area contributed by atoms with Gasteiger partial charge in [-0.1, -0.05) is 6.92 Å². The van der Waals surface area contributed by atoms with Crippen molar-refractivity contribution in [3.05, 3.63) is 0 Å². The molecule has 102 valence electrons. The van der Waals surface area contributed by atoms with Crippen LogP contribution in [0.1, 0.15) is 26.7 Å². The molecule has 0 radical (unpaired) electrons. The summed E-state index contributed by atoms with van der Waals surface area (Å²) in [7, 11) is 1.39. The molecule has 0 aromatic rings. The number of hydrogen-bond acceptors (Lipinski definition) is 4. The van der Waals surface area contributed by atoms with Crippen molar-refractivity contribution in [2.45, 2.75) is 32.2 Å². The van der Waals surface area contributed by atoms with Crippen LogP contribution in [0.4, 0.5) is 0 Å². The van der Waals surface area contributed by atoms with Gasteiger partial charge >= 0.3 is 5.97 Å². The summed E-state index contributed by atoms with van der Waals surface area (Å²) in [6, 6.07) is 0. The summed E-state index contributed by atoms with van der Waals surface area (Å²) in [6.45, 7) is 6.46. The van der Waals surface area contributed by atoms with E-state index in [4.69, 9.17) is 4.74 Å². The maximum absolute atomic E-state index is 12.2. The second-order valence-electron chi connectivity index (χ2n) is 5.50. The lowest BCUT2D eigenvalue weighted by molar-refractivity contribution is -0.152. The van der Waals surface area contributed by atoms with E-state index in [9.17, 15) is 9.59 Å². The van der Waals surface area contributed by atoms with Crippen molar-refractivity contribution in [1.82, 2.24) is 10.2 Å². The van der Waals surface area contributed by atoms with Gasteiger partial charge in [-0.2, -0.15) is 0 Å². The Hall–Kier alpha value is -1.10. The molecule has 5 nitrogen and oxygen atoms in total. The molecule has 1 aliphatic heterocycles. The number of carbonyl (C=O) groups is 2. The van der Waals surface area contributed by atoms with Gasteiger partial charge in [-0.05, 0) is 25.3 Å². The molecule has 1 N–H and O–H groups in total. The molecule has 1 saturated heterocycles. The second-order valence-corrected chi connectivity index (χ2v) is 5.50. The molecule has 2 bridgehead atoms. The highest BCUT2D eigenvalue weighted by Crippen LogP contribution is 2.44. The summed E-state index contributed by atoms with van der Waals surface area (Å²) >= 11 is 0. The van der Waals surface area contributed by atoms with Gasteiger partial charge in [0.2, 0.25) is 5.91 Å². The van der Waals surface area contributed by atoms with Gasteiger partial charge < -0.3 is 15.0 Å². The highest BCUT2D eigenvalue weighted by Gasteiger charge is 2.56. The first-order valence-electron chi connectivity index (χ1n) is 6.61. The van der Waals surface area contributed by atoms with Gasteiger partial charge in [0.25, 0.3) is 0 Å². The fourth-order valence-corrected chi connectivity index (χ4v) is 3.64. The lowest BCUT2D eigenvalue weighted by atomic mass is 9.86.